The monoisotopic (exact) mass is 180 g/mol. The Balaban J connectivity index is 2.44. The van der Waals surface area contributed by atoms with Crippen molar-refractivity contribution in [1.29, 1.82) is 0 Å². The fourth-order valence-electron chi connectivity index (χ4n) is 2.36. The van der Waals surface area contributed by atoms with Gasteiger partial charge in [0.05, 0.1) is 0 Å². The summed E-state index contributed by atoms with van der Waals surface area (Å²) in [6.45, 7) is 2.19. The van der Waals surface area contributed by atoms with Crippen LogP contribution >= 0.6 is 0 Å². The third-order valence-electron chi connectivity index (χ3n) is 3.07. The summed E-state index contributed by atoms with van der Waals surface area (Å²) in [5.41, 5.74) is 0. The number of hydrogen-bond donors (Lipinski definition) is 1. The van der Waals surface area contributed by atoms with Gasteiger partial charge in [-0.1, -0.05) is 38.5 Å². The molecular formula is C12H20O. The predicted molar refractivity (Wildman–Crippen MR) is 54.7 cm³/mol. The van der Waals surface area contributed by atoms with Gasteiger partial charge in [-0.15, -0.1) is 0 Å². The van der Waals surface area contributed by atoms with Crippen molar-refractivity contribution in [3.05, 3.63) is 0 Å². The molecule has 1 aliphatic carbocycles. The van der Waals surface area contributed by atoms with Crippen LogP contribution in [0.5, 0.6) is 0 Å². The molecule has 1 unspecified atom stereocenters. The topological polar surface area (TPSA) is 20.2 Å². The second kappa shape index (κ2) is 5.91. The zero-order valence-corrected chi connectivity index (χ0v) is 8.55. The van der Waals surface area contributed by atoms with Gasteiger partial charge in [0.25, 0.3) is 0 Å². The van der Waals surface area contributed by atoms with Crippen LogP contribution in [0.1, 0.15) is 51.9 Å². The van der Waals surface area contributed by atoms with Gasteiger partial charge in [-0.2, -0.15) is 0 Å². The molecule has 13 heavy (non-hydrogen) atoms. The van der Waals surface area contributed by atoms with Crippen LogP contribution < -0.4 is 0 Å². The zero-order chi connectivity index (χ0) is 9.52. The maximum Gasteiger partial charge on any atom is 0.107 e. The van der Waals surface area contributed by atoms with E-state index < -0.39 is 0 Å². The standard InChI is InChI=1S/C12H20O/c1-2-6-11(9-10-13)12-7-4-3-5-8-12/h11-13H,2-8H2,1H3. The predicted octanol–water partition coefficient (Wildman–Crippen LogP) is 3.32. The molecule has 1 nitrogen and oxygen atoms in total. The van der Waals surface area contributed by atoms with E-state index in [9.17, 15) is 0 Å². The lowest BCUT2D eigenvalue weighted by atomic mass is 9.78. The van der Waals surface area contributed by atoms with Crippen molar-refractivity contribution in [1.82, 2.24) is 0 Å². The third kappa shape index (κ3) is 3.30. The first-order valence-electron chi connectivity index (χ1n) is 5.53. The van der Waals surface area contributed by atoms with Crippen LogP contribution in [0.15, 0.2) is 0 Å². The van der Waals surface area contributed by atoms with Crippen LogP contribution in [0.3, 0.4) is 0 Å². The fraction of sp³-hybridized carbons (Fsp3) is 0.833. The number of hydrogen-bond acceptors (Lipinski definition) is 1. The average molecular weight is 180 g/mol. The second-order valence-electron chi connectivity index (χ2n) is 4.05. The highest BCUT2D eigenvalue weighted by atomic mass is 16.2. The first-order chi connectivity index (χ1) is 6.38. The molecule has 1 saturated carbocycles. The van der Waals surface area contributed by atoms with E-state index in [1.54, 1.807) is 0 Å². The molecule has 0 amide bonds. The maximum absolute atomic E-state index is 8.63. The van der Waals surface area contributed by atoms with Crippen LogP contribution in [0, 0.1) is 23.9 Å². The molecule has 0 spiro atoms. The summed E-state index contributed by atoms with van der Waals surface area (Å²) in [5, 5.41) is 8.63. The van der Waals surface area contributed by atoms with Gasteiger partial charge in [0, 0.05) is 5.92 Å². The minimum Gasteiger partial charge on any atom is -0.462 e. The lowest BCUT2D eigenvalue weighted by molar-refractivity contribution is 0.280. The Morgan fingerprint density at radius 3 is 2.54 bits per heavy atom. The SMILES string of the molecule is CCCC(C#CO)C1CCCCC1. The van der Waals surface area contributed by atoms with Gasteiger partial charge < -0.3 is 5.11 Å². The van der Waals surface area contributed by atoms with Crippen LogP contribution in [-0.2, 0) is 0 Å². The molecule has 0 aliphatic heterocycles. The van der Waals surface area contributed by atoms with Crippen molar-refractivity contribution in [2.45, 2.75) is 51.9 Å². The lowest BCUT2D eigenvalue weighted by Crippen LogP contribution is -2.16. The highest BCUT2D eigenvalue weighted by molar-refractivity contribution is 5.00. The van der Waals surface area contributed by atoms with E-state index in [0.29, 0.717) is 5.92 Å². The summed E-state index contributed by atoms with van der Waals surface area (Å²) < 4.78 is 0. The molecule has 0 aromatic carbocycles. The Morgan fingerprint density at radius 1 is 1.31 bits per heavy atom. The van der Waals surface area contributed by atoms with Crippen molar-refractivity contribution in [2.75, 3.05) is 0 Å². The van der Waals surface area contributed by atoms with Gasteiger partial charge in [-0.05, 0) is 25.2 Å². The summed E-state index contributed by atoms with van der Waals surface area (Å²) in [4.78, 5) is 0. The molecule has 1 fully saturated rings. The highest BCUT2D eigenvalue weighted by Gasteiger charge is 2.21. The third-order valence-corrected chi connectivity index (χ3v) is 3.07. The number of aliphatic hydroxyl groups excluding tert-OH is 1. The van der Waals surface area contributed by atoms with Crippen molar-refractivity contribution in [3.63, 3.8) is 0 Å². The van der Waals surface area contributed by atoms with E-state index in [4.69, 9.17) is 5.11 Å². The molecule has 74 valence electrons. The summed E-state index contributed by atoms with van der Waals surface area (Å²) in [7, 11) is 0. The van der Waals surface area contributed by atoms with E-state index in [1.807, 2.05) is 0 Å². The van der Waals surface area contributed by atoms with Gasteiger partial charge in [0.2, 0.25) is 0 Å². The molecule has 1 N–H and O–H groups in total. The van der Waals surface area contributed by atoms with E-state index in [2.05, 4.69) is 19.0 Å². The summed E-state index contributed by atoms with van der Waals surface area (Å²) in [6.07, 6.45) is 11.2. The number of rotatable bonds is 3. The molecule has 0 saturated heterocycles. The van der Waals surface area contributed by atoms with E-state index in [1.165, 1.54) is 38.5 Å². The van der Waals surface area contributed by atoms with Crippen molar-refractivity contribution >= 4 is 0 Å². The van der Waals surface area contributed by atoms with Gasteiger partial charge in [0.15, 0.2) is 0 Å². The van der Waals surface area contributed by atoms with Crippen LogP contribution in [-0.4, -0.2) is 5.11 Å². The summed E-state index contributed by atoms with van der Waals surface area (Å²) >= 11 is 0. The van der Waals surface area contributed by atoms with E-state index in [-0.39, 0.29) is 0 Å². The molecule has 0 heterocycles. The van der Waals surface area contributed by atoms with Crippen molar-refractivity contribution in [3.8, 4) is 12.0 Å². The summed E-state index contributed by atoms with van der Waals surface area (Å²) in [5.74, 6) is 4.17. The largest absolute Gasteiger partial charge is 0.462 e. The summed E-state index contributed by atoms with van der Waals surface area (Å²) in [6, 6.07) is 0. The molecule has 1 rings (SSSR count). The molecule has 0 aromatic heterocycles. The van der Waals surface area contributed by atoms with E-state index in [0.717, 1.165) is 12.3 Å². The molecule has 0 radical (unpaired) electrons. The normalized spacial score (nSPS) is 20.4. The van der Waals surface area contributed by atoms with E-state index >= 15 is 0 Å². The Labute approximate surface area is 81.5 Å². The molecule has 1 atom stereocenters. The van der Waals surface area contributed by atoms with Gasteiger partial charge in [-0.25, -0.2) is 0 Å². The smallest absolute Gasteiger partial charge is 0.107 e. The first kappa shape index (κ1) is 10.4. The molecule has 1 aliphatic rings. The highest BCUT2D eigenvalue weighted by Crippen LogP contribution is 2.31. The quantitative estimate of drug-likeness (QED) is 0.661. The Kier molecular flexibility index (Phi) is 4.75. The lowest BCUT2D eigenvalue weighted by Gasteiger charge is -2.26. The minimum atomic E-state index is 0.454. The Morgan fingerprint density at radius 2 is 2.00 bits per heavy atom. The Bertz CT molecular complexity index is 181. The van der Waals surface area contributed by atoms with Gasteiger partial charge >= 0.3 is 0 Å². The Hall–Kier alpha value is -0.640. The molecule has 1 heteroatoms. The molecule has 0 bridgehead atoms. The molecule has 0 aromatic rings. The molecular weight excluding hydrogens is 160 g/mol. The fourth-order valence-corrected chi connectivity index (χ4v) is 2.36. The van der Waals surface area contributed by atoms with Crippen LogP contribution in [0.4, 0.5) is 0 Å². The average Bonchev–Trinajstić information content (AvgIpc) is 2.19. The van der Waals surface area contributed by atoms with Crippen molar-refractivity contribution in [2.24, 2.45) is 11.8 Å². The van der Waals surface area contributed by atoms with Crippen LogP contribution in [0.25, 0.3) is 0 Å². The minimum absolute atomic E-state index is 0.454. The van der Waals surface area contributed by atoms with Gasteiger partial charge in [-0.3, -0.25) is 0 Å². The zero-order valence-electron chi connectivity index (χ0n) is 8.55. The van der Waals surface area contributed by atoms with Crippen LogP contribution in [0.2, 0.25) is 0 Å². The van der Waals surface area contributed by atoms with Gasteiger partial charge in [0.1, 0.15) is 6.11 Å². The maximum atomic E-state index is 8.63. The van der Waals surface area contributed by atoms with Crippen molar-refractivity contribution < 1.29 is 5.11 Å². The first-order valence-corrected chi connectivity index (χ1v) is 5.53. The number of aliphatic hydroxyl groups is 1. The second-order valence-corrected chi connectivity index (χ2v) is 4.05.